The monoisotopic (exact) mass is 387 g/mol. The van der Waals surface area contributed by atoms with Crippen molar-refractivity contribution in [3.05, 3.63) is 35.9 Å². The van der Waals surface area contributed by atoms with Gasteiger partial charge in [-0.15, -0.1) is 0 Å². The highest BCUT2D eigenvalue weighted by Crippen LogP contribution is 2.33. The van der Waals surface area contributed by atoms with Crippen molar-refractivity contribution in [3.8, 4) is 0 Å². The molecule has 3 fully saturated rings. The molecule has 2 atom stereocenters. The van der Waals surface area contributed by atoms with Crippen molar-refractivity contribution in [3.63, 3.8) is 0 Å². The zero-order chi connectivity index (χ0) is 19.4. The molecule has 1 aromatic rings. The molecule has 3 aliphatic heterocycles. The first-order valence-corrected chi connectivity index (χ1v) is 10.7. The van der Waals surface area contributed by atoms with E-state index in [4.69, 9.17) is 9.47 Å². The van der Waals surface area contributed by atoms with Gasteiger partial charge in [0.05, 0.1) is 19.3 Å². The SMILES string of the molecule is CC1OCCC12CN(C(=O)NCC1CCN(Cc3ccccc3)CC1)CCO2. The number of hydrogen-bond donors (Lipinski definition) is 1. The maximum absolute atomic E-state index is 12.7. The van der Waals surface area contributed by atoms with Crippen LogP contribution in [-0.4, -0.2) is 73.5 Å². The van der Waals surface area contributed by atoms with Crippen LogP contribution in [0.3, 0.4) is 0 Å². The molecule has 3 heterocycles. The fourth-order valence-electron chi connectivity index (χ4n) is 4.67. The molecule has 0 bridgehead atoms. The van der Waals surface area contributed by atoms with Crippen LogP contribution < -0.4 is 5.32 Å². The van der Waals surface area contributed by atoms with Gasteiger partial charge < -0.3 is 19.7 Å². The van der Waals surface area contributed by atoms with Crippen LogP contribution in [0.1, 0.15) is 31.7 Å². The van der Waals surface area contributed by atoms with E-state index in [-0.39, 0.29) is 17.7 Å². The molecule has 3 aliphatic rings. The Labute approximate surface area is 168 Å². The van der Waals surface area contributed by atoms with Crippen LogP contribution in [0, 0.1) is 5.92 Å². The normalized spacial score (nSPS) is 29.3. The number of piperidine rings is 1. The van der Waals surface area contributed by atoms with Gasteiger partial charge in [0.15, 0.2) is 0 Å². The molecule has 3 saturated heterocycles. The van der Waals surface area contributed by atoms with Crippen molar-refractivity contribution in [2.75, 3.05) is 45.9 Å². The average Bonchev–Trinajstić information content (AvgIpc) is 3.07. The zero-order valence-corrected chi connectivity index (χ0v) is 16.9. The summed E-state index contributed by atoms with van der Waals surface area (Å²) in [6, 6.07) is 10.7. The number of ether oxygens (including phenoxy) is 2. The largest absolute Gasteiger partial charge is 0.375 e. The summed E-state index contributed by atoms with van der Waals surface area (Å²) in [4.78, 5) is 17.1. The molecule has 1 aromatic carbocycles. The third-order valence-electron chi connectivity index (χ3n) is 6.63. The molecule has 4 rings (SSSR count). The van der Waals surface area contributed by atoms with E-state index in [1.165, 1.54) is 5.56 Å². The van der Waals surface area contributed by atoms with Crippen LogP contribution in [0.25, 0.3) is 0 Å². The molecule has 2 amide bonds. The van der Waals surface area contributed by atoms with E-state index in [1.807, 2.05) is 4.90 Å². The zero-order valence-electron chi connectivity index (χ0n) is 16.9. The second-order valence-electron chi connectivity index (χ2n) is 8.49. The van der Waals surface area contributed by atoms with E-state index >= 15 is 0 Å². The van der Waals surface area contributed by atoms with Crippen molar-refractivity contribution in [1.29, 1.82) is 0 Å². The molecule has 6 nitrogen and oxygen atoms in total. The first-order valence-electron chi connectivity index (χ1n) is 10.7. The molecule has 0 radical (unpaired) electrons. The van der Waals surface area contributed by atoms with Crippen molar-refractivity contribution in [2.24, 2.45) is 5.92 Å². The number of carbonyl (C=O) groups is 1. The maximum atomic E-state index is 12.7. The van der Waals surface area contributed by atoms with Gasteiger partial charge in [-0.2, -0.15) is 0 Å². The molecular weight excluding hydrogens is 354 g/mol. The average molecular weight is 388 g/mol. The smallest absolute Gasteiger partial charge is 0.317 e. The van der Waals surface area contributed by atoms with E-state index < -0.39 is 0 Å². The van der Waals surface area contributed by atoms with Gasteiger partial charge in [-0.05, 0) is 44.3 Å². The number of carbonyl (C=O) groups excluding carboxylic acids is 1. The fourth-order valence-corrected chi connectivity index (χ4v) is 4.67. The number of urea groups is 1. The first kappa shape index (κ1) is 19.7. The van der Waals surface area contributed by atoms with Crippen LogP contribution in [0.15, 0.2) is 30.3 Å². The molecular formula is C22H33N3O3. The van der Waals surface area contributed by atoms with E-state index in [9.17, 15) is 4.79 Å². The second-order valence-corrected chi connectivity index (χ2v) is 8.49. The van der Waals surface area contributed by atoms with Crippen molar-refractivity contribution >= 4 is 6.03 Å². The van der Waals surface area contributed by atoms with Crippen molar-refractivity contribution in [1.82, 2.24) is 15.1 Å². The van der Waals surface area contributed by atoms with Crippen LogP contribution in [0.5, 0.6) is 0 Å². The van der Waals surface area contributed by atoms with Gasteiger partial charge in [0.2, 0.25) is 0 Å². The lowest BCUT2D eigenvalue weighted by molar-refractivity contribution is -0.125. The first-order chi connectivity index (χ1) is 13.6. The van der Waals surface area contributed by atoms with Crippen molar-refractivity contribution in [2.45, 2.75) is 44.4 Å². The Morgan fingerprint density at radius 1 is 1.18 bits per heavy atom. The van der Waals surface area contributed by atoms with E-state index in [0.29, 0.717) is 25.6 Å². The Bertz CT molecular complexity index is 648. The van der Waals surface area contributed by atoms with Crippen molar-refractivity contribution < 1.29 is 14.3 Å². The highest BCUT2D eigenvalue weighted by Gasteiger charge is 2.47. The molecule has 1 spiro atoms. The van der Waals surface area contributed by atoms with Gasteiger partial charge in [-0.1, -0.05) is 30.3 Å². The quantitative estimate of drug-likeness (QED) is 0.862. The minimum atomic E-state index is -0.307. The summed E-state index contributed by atoms with van der Waals surface area (Å²) >= 11 is 0. The van der Waals surface area contributed by atoms with E-state index in [0.717, 1.165) is 52.0 Å². The van der Waals surface area contributed by atoms with Gasteiger partial charge in [0, 0.05) is 32.7 Å². The number of morpholine rings is 1. The molecule has 1 N–H and O–H groups in total. The molecule has 0 aromatic heterocycles. The van der Waals surface area contributed by atoms with Crippen LogP contribution in [-0.2, 0) is 16.0 Å². The lowest BCUT2D eigenvalue weighted by Crippen LogP contribution is -2.58. The lowest BCUT2D eigenvalue weighted by Gasteiger charge is -2.42. The maximum Gasteiger partial charge on any atom is 0.317 e. The molecule has 0 saturated carbocycles. The number of nitrogens with one attached hydrogen (secondary N) is 1. The lowest BCUT2D eigenvalue weighted by atomic mass is 9.94. The van der Waals surface area contributed by atoms with Crippen LogP contribution in [0.4, 0.5) is 4.79 Å². The molecule has 154 valence electrons. The summed E-state index contributed by atoms with van der Waals surface area (Å²) in [6.45, 7) is 8.67. The second kappa shape index (κ2) is 8.80. The Kier molecular flexibility index (Phi) is 6.19. The number of rotatable bonds is 4. The predicted octanol–water partition coefficient (Wildman–Crippen LogP) is 2.49. The highest BCUT2D eigenvalue weighted by atomic mass is 16.6. The number of nitrogens with zero attached hydrogens (tertiary/aromatic N) is 2. The molecule has 2 unspecified atom stereocenters. The summed E-state index contributed by atoms with van der Waals surface area (Å²) in [6.07, 6.45) is 3.21. The summed E-state index contributed by atoms with van der Waals surface area (Å²) < 4.78 is 11.7. The van der Waals surface area contributed by atoms with Crippen LogP contribution >= 0.6 is 0 Å². The van der Waals surface area contributed by atoms with Gasteiger partial charge in [0.1, 0.15) is 5.60 Å². The summed E-state index contributed by atoms with van der Waals surface area (Å²) in [5, 5.41) is 3.18. The van der Waals surface area contributed by atoms with Gasteiger partial charge in [-0.3, -0.25) is 4.90 Å². The van der Waals surface area contributed by atoms with Gasteiger partial charge >= 0.3 is 6.03 Å². The van der Waals surface area contributed by atoms with E-state index in [1.54, 1.807) is 0 Å². The number of amides is 2. The fraction of sp³-hybridized carbons (Fsp3) is 0.682. The Balaban J connectivity index is 1.19. The number of benzene rings is 1. The minimum Gasteiger partial charge on any atom is -0.375 e. The standard InChI is InChI=1S/C22H33N3O3/c1-18-22(9-13-27-18)17-25(12-14-28-22)21(26)23-15-19-7-10-24(11-8-19)16-20-5-3-2-4-6-20/h2-6,18-19H,7-17H2,1H3,(H,23,26). The van der Waals surface area contributed by atoms with E-state index in [2.05, 4.69) is 47.5 Å². The van der Waals surface area contributed by atoms with Crippen LogP contribution in [0.2, 0.25) is 0 Å². The minimum absolute atomic E-state index is 0.0495. The number of hydrogen-bond acceptors (Lipinski definition) is 4. The van der Waals surface area contributed by atoms with Gasteiger partial charge in [0.25, 0.3) is 0 Å². The van der Waals surface area contributed by atoms with Gasteiger partial charge in [-0.25, -0.2) is 4.79 Å². The predicted molar refractivity (Wildman–Crippen MR) is 108 cm³/mol. The summed E-state index contributed by atoms with van der Waals surface area (Å²) in [5.41, 5.74) is 1.07. The highest BCUT2D eigenvalue weighted by molar-refractivity contribution is 5.74. The summed E-state index contributed by atoms with van der Waals surface area (Å²) in [5.74, 6) is 0.569. The Hall–Kier alpha value is -1.63. The molecule has 6 heteroatoms. The summed E-state index contributed by atoms with van der Waals surface area (Å²) in [7, 11) is 0. The number of likely N-dealkylation sites (tertiary alicyclic amines) is 1. The Morgan fingerprint density at radius 2 is 1.96 bits per heavy atom. The molecule has 28 heavy (non-hydrogen) atoms. The topological polar surface area (TPSA) is 54.0 Å². The third-order valence-corrected chi connectivity index (χ3v) is 6.63. The third kappa shape index (κ3) is 4.50. The molecule has 0 aliphatic carbocycles. The Morgan fingerprint density at radius 3 is 2.68 bits per heavy atom.